The Morgan fingerprint density at radius 3 is 2.68 bits per heavy atom. The van der Waals surface area contributed by atoms with E-state index in [2.05, 4.69) is 17.1 Å². The van der Waals surface area contributed by atoms with Crippen molar-refractivity contribution in [3.05, 3.63) is 47.8 Å². The number of hydrogen-bond donors (Lipinski definition) is 1. The predicted molar refractivity (Wildman–Crippen MR) is 109 cm³/mol. The molecule has 1 amide bonds. The number of carbonyl (C=O) groups is 1. The fourth-order valence-electron chi connectivity index (χ4n) is 3.30. The highest BCUT2D eigenvalue weighted by Gasteiger charge is 2.20. The van der Waals surface area contributed by atoms with Crippen LogP contribution in [0.5, 0.6) is 11.5 Å². The summed E-state index contributed by atoms with van der Waals surface area (Å²) in [4.78, 5) is 14.9. The van der Waals surface area contributed by atoms with Crippen LogP contribution in [-0.2, 0) is 0 Å². The molecule has 0 radical (unpaired) electrons. The smallest absolute Gasteiger partial charge is 0.255 e. The highest BCUT2D eigenvalue weighted by atomic mass is 19.1. The van der Waals surface area contributed by atoms with Crippen LogP contribution in [-0.4, -0.2) is 32.7 Å². The van der Waals surface area contributed by atoms with Crippen LogP contribution >= 0.6 is 0 Å². The Morgan fingerprint density at radius 2 is 1.96 bits per heavy atom. The third kappa shape index (κ3) is 4.55. The number of hydrogen-bond acceptors (Lipinski definition) is 4. The predicted octanol–water partition coefficient (Wildman–Crippen LogP) is 4.87. The van der Waals surface area contributed by atoms with Crippen LogP contribution in [0.15, 0.2) is 36.4 Å². The number of carbonyl (C=O) groups excluding carboxylic acids is 1. The molecule has 1 heterocycles. The Bertz CT molecular complexity index is 819. The normalized spacial score (nSPS) is 13.5. The first-order chi connectivity index (χ1) is 13.6. The van der Waals surface area contributed by atoms with Crippen molar-refractivity contribution >= 4 is 17.3 Å². The molecule has 0 unspecified atom stereocenters. The van der Waals surface area contributed by atoms with Gasteiger partial charge in [-0.15, -0.1) is 0 Å². The first-order valence-electron chi connectivity index (χ1n) is 9.79. The quantitative estimate of drug-likeness (QED) is 0.658. The summed E-state index contributed by atoms with van der Waals surface area (Å²) >= 11 is 0. The standard InChI is InChI=1S/C22H27FN2O3/c1-3-4-14-28-19-11-10-16(15-20(19)27-2)22(26)24-21-17(23)8-7-9-18(21)25-12-5-6-13-25/h7-11,15H,3-6,12-14H2,1-2H3,(H,24,26). The second kappa shape index (κ2) is 9.44. The molecule has 3 rings (SSSR count). The lowest BCUT2D eigenvalue weighted by atomic mass is 10.1. The second-order valence-electron chi connectivity index (χ2n) is 6.85. The number of halogens is 1. The van der Waals surface area contributed by atoms with E-state index in [0.29, 0.717) is 23.7 Å². The van der Waals surface area contributed by atoms with Crippen LogP contribution in [0.2, 0.25) is 0 Å². The number of anilines is 2. The zero-order chi connectivity index (χ0) is 19.9. The fourth-order valence-corrected chi connectivity index (χ4v) is 3.30. The van der Waals surface area contributed by atoms with Crippen molar-refractivity contribution in [1.82, 2.24) is 0 Å². The maximum atomic E-state index is 14.5. The molecule has 1 aliphatic heterocycles. The highest BCUT2D eigenvalue weighted by Crippen LogP contribution is 2.33. The highest BCUT2D eigenvalue weighted by molar-refractivity contribution is 6.06. The molecule has 0 atom stereocenters. The van der Waals surface area contributed by atoms with Crippen molar-refractivity contribution in [2.75, 3.05) is 37.0 Å². The van der Waals surface area contributed by atoms with Crippen LogP contribution in [0, 0.1) is 5.82 Å². The summed E-state index contributed by atoms with van der Waals surface area (Å²) in [7, 11) is 1.53. The first-order valence-corrected chi connectivity index (χ1v) is 9.79. The molecule has 1 saturated heterocycles. The van der Waals surface area contributed by atoms with E-state index in [1.807, 2.05) is 6.07 Å². The molecular formula is C22H27FN2O3. The molecule has 6 heteroatoms. The maximum Gasteiger partial charge on any atom is 0.255 e. The number of amides is 1. The Labute approximate surface area is 165 Å². The van der Waals surface area contributed by atoms with Gasteiger partial charge in [0.15, 0.2) is 11.5 Å². The molecule has 28 heavy (non-hydrogen) atoms. The van der Waals surface area contributed by atoms with Gasteiger partial charge in [-0.3, -0.25) is 4.79 Å². The molecule has 0 aromatic heterocycles. The minimum absolute atomic E-state index is 0.219. The van der Waals surface area contributed by atoms with Crippen LogP contribution < -0.4 is 19.7 Å². The molecule has 2 aromatic rings. The van der Waals surface area contributed by atoms with Crippen molar-refractivity contribution in [2.24, 2.45) is 0 Å². The summed E-state index contributed by atoms with van der Waals surface area (Å²) < 4.78 is 25.5. The molecular weight excluding hydrogens is 359 g/mol. The molecule has 0 spiro atoms. The van der Waals surface area contributed by atoms with E-state index in [1.54, 1.807) is 24.3 Å². The minimum atomic E-state index is -0.441. The van der Waals surface area contributed by atoms with Gasteiger partial charge in [0.1, 0.15) is 11.5 Å². The third-order valence-corrected chi connectivity index (χ3v) is 4.86. The summed E-state index contributed by atoms with van der Waals surface area (Å²) in [5.41, 5.74) is 1.32. The van der Waals surface area contributed by atoms with E-state index in [4.69, 9.17) is 9.47 Å². The molecule has 0 saturated carbocycles. The Morgan fingerprint density at radius 1 is 1.18 bits per heavy atom. The van der Waals surface area contributed by atoms with Crippen LogP contribution in [0.25, 0.3) is 0 Å². The van der Waals surface area contributed by atoms with E-state index < -0.39 is 5.82 Å². The molecule has 5 nitrogen and oxygen atoms in total. The fraction of sp³-hybridized carbons (Fsp3) is 0.409. The third-order valence-electron chi connectivity index (χ3n) is 4.86. The SMILES string of the molecule is CCCCOc1ccc(C(=O)Nc2c(F)cccc2N2CCCC2)cc1OC. The van der Waals surface area contributed by atoms with Crippen molar-refractivity contribution in [1.29, 1.82) is 0 Å². The Hall–Kier alpha value is -2.76. The Kier molecular flexibility index (Phi) is 6.74. The van der Waals surface area contributed by atoms with E-state index in [-0.39, 0.29) is 11.6 Å². The molecule has 2 aromatic carbocycles. The van der Waals surface area contributed by atoms with Gasteiger partial charge in [-0.05, 0) is 49.6 Å². The number of nitrogens with zero attached hydrogens (tertiary/aromatic N) is 1. The van der Waals surface area contributed by atoms with Gasteiger partial charge in [-0.2, -0.15) is 0 Å². The summed E-state index contributed by atoms with van der Waals surface area (Å²) in [6.07, 6.45) is 4.12. The van der Waals surface area contributed by atoms with Crippen molar-refractivity contribution in [3.8, 4) is 11.5 Å². The summed E-state index contributed by atoms with van der Waals surface area (Å²) in [6, 6.07) is 9.87. The zero-order valence-corrected chi connectivity index (χ0v) is 16.5. The van der Waals surface area contributed by atoms with Crippen LogP contribution in [0.1, 0.15) is 43.0 Å². The number of unbranched alkanes of at least 4 members (excludes halogenated alkanes) is 1. The number of nitrogens with one attached hydrogen (secondary N) is 1. The van der Waals surface area contributed by atoms with Gasteiger partial charge in [0.25, 0.3) is 5.91 Å². The first kappa shape index (κ1) is 20.0. The lowest BCUT2D eigenvalue weighted by molar-refractivity contribution is 0.102. The lowest BCUT2D eigenvalue weighted by Crippen LogP contribution is -2.22. The van der Waals surface area contributed by atoms with Gasteiger partial charge >= 0.3 is 0 Å². The van der Waals surface area contributed by atoms with E-state index in [9.17, 15) is 9.18 Å². The number of rotatable bonds is 8. The number of ether oxygens (including phenoxy) is 2. The summed E-state index contributed by atoms with van der Waals surface area (Å²) in [5, 5.41) is 2.74. The van der Waals surface area contributed by atoms with Gasteiger partial charge in [0, 0.05) is 18.7 Å². The number of para-hydroxylation sites is 1. The van der Waals surface area contributed by atoms with Crippen LogP contribution in [0.3, 0.4) is 0 Å². The molecule has 1 N–H and O–H groups in total. The van der Waals surface area contributed by atoms with Crippen molar-refractivity contribution in [3.63, 3.8) is 0 Å². The van der Waals surface area contributed by atoms with E-state index >= 15 is 0 Å². The van der Waals surface area contributed by atoms with Gasteiger partial charge in [-0.25, -0.2) is 4.39 Å². The van der Waals surface area contributed by atoms with Gasteiger partial charge in [0.05, 0.1) is 19.4 Å². The van der Waals surface area contributed by atoms with E-state index in [1.165, 1.54) is 13.2 Å². The average Bonchev–Trinajstić information content (AvgIpc) is 3.24. The van der Waals surface area contributed by atoms with Gasteiger partial charge in [0.2, 0.25) is 0 Å². The molecule has 0 aliphatic carbocycles. The largest absolute Gasteiger partial charge is 0.493 e. The summed E-state index contributed by atoms with van der Waals surface area (Å²) in [6.45, 7) is 4.41. The average molecular weight is 386 g/mol. The topological polar surface area (TPSA) is 50.8 Å². The van der Waals surface area contributed by atoms with Gasteiger partial charge < -0.3 is 19.7 Å². The Balaban J connectivity index is 1.80. The molecule has 150 valence electrons. The van der Waals surface area contributed by atoms with Crippen molar-refractivity contribution in [2.45, 2.75) is 32.6 Å². The monoisotopic (exact) mass is 386 g/mol. The van der Waals surface area contributed by atoms with Gasteiger partial charge in [-0.1, -0.05) is 19.4 Å². The number of methoxy groups -OCH3 is 1. The zero-order valence-electron chi connectivity index (χ0n) is 16.5. The molecule has 1 aliphatic rings. The lowest BCUT2D eigenvalue weighted by Gasteiger charge is -2.22. The second-order valence-corrected chi connectivity index (χ2v) is 6.85. The van der Waals surface area contributed by atoms with Crippen molar-refractivity contribution < 1.29 is 18.7 Å². The molecule has 0 bridgehead atoms. The molecule has 1 fully saturated rings. The maximum absolute atomic E-state index is 14.5. The number of benzene rings is 2. The van der Waals surface area contributed by atoms with Crippen LogP contribution in [0.4, 0.5) is 15.8 Å². The van der Waals surface area contributed by atoms with E-state index in [0.717, 1.165) is 44.5 Å². The summed E-state index contributed by atoms with van der Waals surface area (Å²) in [5.74, 6) is 0.251. The minimum Gasteiger partial charge on any atom is -0.493 e.